The highest BCUT2D eigenvalue weighted by Gasteiger charge is 2.55. The molecule has 2 heterocycles. The quantitative estimate of drug-likeness (QED) is 0.621. The van der Waals surface area contributed by atoms with Gasteiger partial charge in [-0.3, -0.25) is 9.69 Å². The Balaban J connectivity index is 0.000000509. The van der Waals surface area contributed by atoms with Crippen molar-refractivity contribution in [3.8, 4) is 6.07 Å². The van der Waals surface area contributed by atoms with Crippen LogP contribution < -0.4 is 4.90 Å². The van der Waals surface area contributed by atoms with E-state index < -0.39 is 23.5 Å². The molecule has 3 rings (SSSR count). The Labute approximate surface area is 194 Å². The van der Waals surface area contributed by atoms with E-state index in [9.17, 15) is 26.7 Å². The van der Waals surface area contributed by atoms with E-state index in [1.807, 2.05) is 0 Å². The van der Waals surface area contributed by atoms with Crippen molar-refractivity contribution in [3.63, 3.8) is 0 Å². The number of amides is 1. The van der Waals surface area contributed by atoms with Gasteiger partial charge in [0, 0.05) is 25.2 Å². The predicted molar refractivity (Wildman–Crippen MR) is 114 cm³/mol. The SMILES string of the molecule is CC(C)CCN1CC(F)(F)CC2(CCCN(c3cccc(C#N)c3)C2=O)C1.O=C(O)C(F)(F)F. The first-order valence-electron chi connectivity index (χ1n) is 10.9. The molecule has 1 N–H and O–H groups in total. The Morgan fingerprint density at radius 2 is 1.91 bits per heavy atom. The molecule has 1 spiro atoms. The first-order chi connectivity index (χ1) is 15.7. The molecule has 1 amide bonds. The first-order valence-corrected chi connectivity index (χ1v) is 10.9. The summed E-state index contributed by atoms with van der Waals surface area (Å²) in [6, 6.07) is 8.91. The molecule has 2 fully saturated rings. The van der Waals surface area contributed by atoms with Gasteiger partial charge in [0.05, 0.1) is 23.6 Å². The third-order valence-corrected chi connectivity index (χ3v) is 5.87. The summed E-state index contributed by atoms with van der Waals surface area (Å²) in [5, 5.41) is 16.2. The third kappa shape index (κ3) is 7.13. The number of carbonyl (C=O) groups is 2. The van der Waals surface area contributed by atoms with E-state index in [0.29, 0.717) is 49.6 Å². The Hall–Kier alpha value is -2.74. The molecule has 0 aliphatic carbocycles. The Morgan fingerprint density at radius 1 is 1.26 bits per heavy atom. The molecule has 1 unspecified atom stereocenters. The number of carbonyl (C=O) groups excluding carboxylic acids is 1. The van der Waals surface area contributed by atoms with Crippen molar-refractivity contribution in [2.24, 2.45) is 11.3 Å². The van der Waals surface area contributed by atoms with Crippen molar-refractivity contribution >= 4 is 17.6 Å². The van der Waals surface area contributed by atoms with Crippen LogP contribution in [-0.4, -0.2) is 60.2 Å². The second-order valence-corrected chi connectivity index (χ2v) is 9.23. The number of halogens is 5. The number of alkyl halides is 5. The number of carboxylic acids is 1. The monoisotopic (exact) mass is 489 g/mol. The molecule has 6 nitrogen and oxygen atoms in total. The molecular weight excluding hydrogens is 461 g/mol. The lowest BCUT2D eigenvalue weighted by molar-refractivity contribution is -0.192. The number of hydrogen-bond acceptors (Lipinski definition) is 4. The van der Waals surface area contributed by atoms with E-state index in [1.165, 1.54) is 0 Å². The number of benzene rings is 1. The number of aliphatic carboxylic acids is 1. The molecule has 2 saturated heterocycles. The van der Waals surface area contributed by atoms with Crippen molar-refractivity contribution in [2.75, 3.05) is 31.1 Å². The smallest absolute Gasteiger partial charge is 0.475 e. The number of rotatable bonds is 4. The van der Waals surface area contributed by atoms with Gasteiger partial charge in [0.2, 0.25) is 5.91 Å². The fourth-order valence-electron chi connectivity index (χ4n) is 4.39. The van der Waals surface area contributed by atoms with Crippen molar-refractivity contribution in [1.29, 1.82) is 5.26 Å². The molecule has 0 aromatic heterocycles. The summed E-state index contributed by atoms with van der Waals surface area (Å²) in [7, 11) is 0. The van der Waals surface area contributed by atoms with Crippen molar-refractivity contribution in [3.05, 3.63) is 29.8 Å². The van der Waals surface area contributed by atoms with Crippen LogP contribution in [0, 0.1) is 22.7 Å². The molecule has 34 heavy (non-hydrogen) atoms. The lowest BCUT2D eigenvalue weighted by atomic mass is 9.71. The van der Waals surface area contributed by atoms with E-state index in [4.69, 9.17) is 15.2 Å². The lowest BCUT2D eigenvalue weighted by Gasteiger charge is -2.49. The fourth-order valence-corrected chi connectivity index (χ4v) is 4.39. The molecular formula is C23H28F5N3O3. The van der Waals surface area contributed by atoms with Crippen molar-refractivity contribution in [2.45, 2.75) is 51.6 Å². The fraction of sp³-hybridized carbons (Fsp3) is 0.609. The van der Waals surface area contributed by atoms with Crippen molar-refractivity contribution in [1.82, 2.24) is 4.90 Å². The summed E-state index contributed by atoms with van der Waals surface area (Å²) in [5.41, 5.74) is 0.0489. The summed E-state index contributed by atoms with van der Waals surface area (Å²) < 4.78 is 60.9. The summed E-state index contributed by atoms with van der Waals surface area (Å²) >= 11 is 0. The van der Waals surface area contributed by atoms with Gasteiger partial charge in [-0.15, -0.1) is 0 Å². The van der Waals surface area contributed by atoms with E-state index in [2.05, 4.69) is 19.9 Å². The maximum Gasteiger partial charge on any atom is 0.490 e. The topological polar surface area (TPSA) is 84.6 Å². The van der Waals surface area contributed by atoms with Crippen LogP contribution in [0.2, 0.25) is 0 Å². The molecule has 2 aliphatic heterocycles. The van der Waals surface area contributed by atoms with Gasteiger partial charge >= 0.3 is 12.1 Å². The highest BCUT2D eigenvalue weighted by Crippen LogP contribution is 2.46. The van der Waals surface area contributed by atoms with Crippen molar-refractivity contribution < 1.29 is 36.6 Å². The van der Waals surface area contributed by atoms with E-state index in [0.717, 1.165) is 6.42 Å². The third-order valence-electron chi connectivity index (χ3n) is 5.87. The van der Waals surface area contributed by atoms with Gasteiger partial charge in [0.1, 0.15) is 0 Å². The maximum atomic E-state index is 14.6. The van der Waals surface area contributed by atoms with Crippen LogP contribution in [-0.2, 0) is 9.59 Å². The molecule has 2 aliphatic rings. The van der Waals surface area contributed by atoms with Gasteiger partial charge in [0.15, 0.2) is 0 Å². The van der Waals surface area contributed by atoms with Crippen LogP contribution in [0.5, 0.6) is 0 Å². The molecule has 0 saturated carbocycles. The van der Waals surface area contributed by atoms with Crippen LogP contribution in [0.15, 0.2) is 24.3 Å². The van der Waals surface area contributed by atoms with Crippen LogP contribution in [0.1, 0.15) is 45.1 Å². The number of anilines is 1. The largest absolute Gasteiger partial charge is 0.490 e. The Morgan fingerprint density at radius 3 is 2.47 bits per heavy atom. The van der Waals surface area contributed by atoms with Crippen LogP contribution in [0.3, 0.4) is 0 Å². The zero-order chi connectivity index (χ0) is 25.7. The number of piperidine rings is 2. The average Bonchev–Trinajstić information content (AvgIpc) is 2.73. The number of carboxylic acid groups (broad SMARTS) is 1. The second kappa shape index (κ2) is 10.7. The first kappa shape index (κ1) is 27.5. The molecule has 11 heteroatoms. The summed E-state index contributed by atoms with van der Waals surface area (Å²) in [6.45, 7) is 5.38. The lowest BCUT2D eigenvalue weighted by Crippen LogP contribution is -2.61. The average molecular weight is 489 g/mol. The minimum absolute atomic E-state index is 0.224. The van der Waals surface area contributed by atoms with Crippen LogP contribution >= 0.6 is 0 Å². The Bertz CT molecular complexity index is 929. The molecule has 1 aromatic carbocycles. The van der Waals surface area contributed by atoms with E-state index in [-0.39, 0.29) is 18.9 Å². The van der Waals surface area contributed by atoms with Gasteiger partial charge in [-0.2, -0.15) is 18.4 Å². The number of likely N-dealkylation sites (tertiary alicyclic amines) is 1. The molecule has 0 bridgehead atoms. The van der Waals surface area contributed by atoms with Crippen LogP contribution in [0.4, 0.5) is 27.6 Å². The second-order valence-electron chi connectivity index (χ2n) is 9.23. The summed E-state index contributed by atoms with van der Waals surface area (Å²) in [4.78, 5) is 25.6. The minimum Gasteiger partial charge on any atom is -0.475 e. The molecule has 188 valence electrons. The highest BCUT2D eigenvalue weighted by molar-refractivity contribution is 5.98. The predicted octanol–water partition coefficient (Wildman–Crippen LogP) is 4.69. The summed E-state index contributed by atoms with van der Waals surface area (Å²) in [5.74, 6) is -5.41. The summed E-state index contributed by atoms with van der Waals surface area (Å²) in [6.07, 6.45) is -3.44. The zero-order valence-corrected chi connectivity index (χ0v) is 19.0. The zero-order valence-electron chi connectivity index (χ0n) is 19.0. The normalized spacial score (nSPS) is 22.8. The van der Waals surface area contributed by atoms with Gasteiger partial charge in [-0.05, 0) is 49.9 Å². The number of nitriles is 1. The van der Waals surface area contributed by atoms with Gasteiger partial charge < -0.3 is 10.0 Å². The Kier molecular flexibility index (Phi) is 8.64. The minimum atomic E-state index is -5.08. The number of nitrogens with zero attached hydrogens (tertiary/aromatic N) is 3. The molecule has 1 atom stereocenters. The van der Waals surface area contributed by atoms with Gasteiger partial charge in [-0.1, -0.05) is 19.9 Å². The van der Waals surface area contributed by atoms with E-state index >= 15 is 0 Å². The molecule has 0 radical (unpaired) electrons. The van der Waals surface area contributed by atoms with Gasteiger partial charge in [-0.25, -0.2) is 13.6 Å². The van der Waals surface area contributed by atoms with Crippen LogP contribution in [0.25, 0.3) is 0 Å². The van der Waals surface area contributed by atoms with Gasteiger partial charge in [0.25, 0.3) is 5.92 Å². The van der Waals surface area contributed by atoms with E-state index in [1.54, 1.807) is 34.1 Å². The molecule has 1 aromatic rings. The number of hydrogen-bond donors (Lipinski definition) is 1. The highest BCUT2D eigenvalue weighted by atomic mass is 19.4. The maximum absolute atomic E-state index is 14.6. The standard InChI is InChI=1S/C21H27F2N3O.C2HF3O2/c1-16(2)7-10-25-14-20(13-21(22,23)15-25)8-4-9-26(19(20)27)18-6-3-5-17(11-18)12-24;3-2(4,5)1(6)7/h3,5-6,11,16H,4,7-10,13-15H2,1-2H3;(H,6,7).